The van der Waals surface area contributed by atoms with E-state index < -0.39 is 0 Å². The van der Waals surface area contributed by atoms with Crippen LogP contribution in [0.1, 0.15) is 19.8 Å². The monoisotopic (exact) mass is 314 g/mol. The van der Waals surface area contributed by atoms with Crippen LogP contribution in [0.4, 0.5) is 0 Å². The fourth-order valence-corrected chi connectivity index (χ4v) is 2.55. The largest absolute Gasteiger partial charge is 0.382 e. The van der Waals surface area contributed by atoms with E-state index in [4.69, 9.17) is 14.5 Å². The smallest absolute Gasteiger partial charge is 0.193 e. The van der Waals surface area contributed by atoms with Gasteiger partial charge < -0.3 is 24.6 Å². The van der Waals surface area contributed by atoms with Crippen LogP contribution in [0, 0.1) is 5.92 Å². The molecular formula is C16H34N4O2. The molecule has 0 aromatic heterocycles. The fourth-order valence-electron chi connectivity index (χ4n) is 2.55. The number of nitrogens with zero attached hydrogens (tertiary/aromatic N) is 3. The molecule has 0 aromatic rings. The number of nitrogens with one attached hydrogen (secondary N) is 1. The van der Waals surface area contributed by atoms with E-state index in [1.54, 1.807) is 7.11 Å². The van der Waals surface area contributed by atoms with E-state index in [-0.39, 0.29) is 0 Å². The Morgan fingerprint density at radius 3 is 2.86 bits per heavy atom. The Bertz CT molecular complexity index is 311. The van der Waals surface area contributed by atoms with Crippen molar-refractivity contribution in [3.8, 4) is 0 Å². The molecule has 130 valence electrons. The molecule has 0 spiro atoms. The van der Waals surface area contributed by atoms with Crippen molar-refractivity contribution in [2.24, 2.45) is 10.9 Å². The van der Waals surface area contributed by atoms with Gasteiger partial charge in [-0.3, -0.25) is 4.99 Å². The molecule has 1 aliphatic rings. The lowest BCUT2D eigenvalue weighted by atomic mass is 10.1. The first kappa shape index (κ1) is 19.2. The Hall–Kier alpha value is -0.850. The second-order valence-corrected chi connectivity index (χ2v) is 6.06. The number of ether oxygens (including phenoxy) is 2. The van der Waals surface area contributed by atoms with E-state index in [1.165, 1.54) is 6.42 Å². The summed E-state index contributed by atoms with van der Waals surface area (Å²) >= 11 is 0. The van der Waals surface area contributed by atoms with Crippen molar-refractivity contribution in [3.05, 3.63) is 0 Å². The van der Waals surface area contributed by atoms with Gasteiger partial charge in [-0.25, -0.2) is 0 Å². The van der Waals surface area contributed by atoms with E-state index in [2.05, 4.69) is 36.1 Å². The Kier molecular flexibility index (Phi) is 10.2. The minimum Gasteiger partial charge on any atom is -0.382 e. The molecule has 6 nitrogen and oxygen atoms in total. The molecule has 1 fully saturated rings. The number of likely N-dealkylation sites (tertiary alicyclic amines) is 1. The molecule has 22 heavy (non-hydrogen) atoms. The van der Waals surface area contributed by atoms with Crippen molar-refractivity contribution >= 4 is 5.96 Å². The summed E-state index contributed by atoms with van der Waals surface area (Å²) in [6.07, 6.45) is 2.27. The predicted molar refractivity (Wildman–Crippen MR) is 91.5 cm³/mol. The van der Waals surface area contributed by atoms with Crippen molar-refractivity contribution in [2.45, 2.75) is 19.8 Å². The number of rotatable bonds is 10. The van der Waals surface area contributed by atoms with Crippen LogP contribution in [0.3, 0.4) is 0 Å². The normalized spacial score (nSPS) is 19.2. The van der Waals surface area contributed by atoms with Gasteiger partial charge in [-0.1, -0.05) is 0 Å². The van der Waals surface area contributed by atoms with Gasteiger partial charge in [-0.2, -0.15) is 0 Å². The van der Waals surface area contributed by atoms with E-state index in [1.807, 2.05) is 0 Å². The van der Waals surface area contributed by atoms with Crippen LogP contribution in [0.5, 0.6) is 0 Å². The molecule has 1 rings (SSSR count). The van der Waals surface area contributed by atoms with E-state index >= 15 is 0 Å². The third kappa shape index (κ3) is 7.96. The Morgan fingerprint density at radius 1 is 1.36 bits per heavy atom. The van der Waals surface area contributed by atoms with Crippen LogP contribution in [0.15, 0.2) is 4.99 Å². The minimum absolute atomic E-state index is 0.600. The summed E-state index contributed by atoms with van der Waals surface area (Å²) in [7, 11) is 5.91. The maximum absolute atomic E-state index is 5.65. The molecule has 0 saturated carbocycles. The first-order valence-electron chi connectivity index (χ1n) is 8.42. The van der Waals surface area contributed by atoms with Crippen molar-refractivity contribution < 1.29 is 9.47 Å². The van der Waals surface area contributed by atoms with Crippen molar-refractivity contribution in [2.75, 3.05) is 73.7 Å². The standard InChI is InChI=1S/C16H34N4O2/c1-5-17-16(18-8-6-9-19(2)3)20-10-7-15(13-20)14-22-12-11-21-4/h15H,5-14H2,1-4H3,(H,17,18). The number of guanidine groups is 1. The SMILES string of the molecule is CCNC(=NCCCN(C)C)N1CCC(COCCOC)C1. The van der Waals surface area contributed by atoms with E-state index in [9.17, 15) is 0 Å². The van der Waals surface area contributed by atoms with Gasteiger partial charge in [0.05, 0.1) is 19.8 Å². The minimum atomic E-state index is 0.600. The van der Waals surface area contributed by atoms with Gasteiger partial charge in [-0.15, -0.1) is 0 Å². The molecule has 1 saturated heterocycles. The van der Waals surface area contributed by atoms with Gasteiger partial charge >= 0.3 is 0 Å². The molecule has 1 atom stereocenters. The number of aliphatic imine (C=N–C) groups is 1. The lowest BCUT2D eigenvalue weighted by Gasteiger charge is -2.22. The Labute approximate surface area is 135 Å². The van der Waals surface area contributed by atoms with Gasteiger partial charge in [0.2, 0.25) is 0 Å². The van der Waals surface area contributed by atoms with Crippen molar-refractivity contribution in [1.82, 2.24) is 15.1 Å². The number of hydrogen-bond acceptors (Lipinski definition) is 4. The Balaban J connectivity index is 2.33. The van der Waals surface area contributed by atoms with Crippen molar-refractivity contribution in [3.63, 3.8) is 0 Å². The van der Waals surface area contributed by atoms with Crippen molar-refractivity contribution in [1.29, 1.82) is 0 Å². The maximum atomic E-state index is 5.65. The lowest BCUT2D eigenvalue weighted by molar-refractivity contribution is 0.0536. The van der Waals surface area contributed by atoms with Crippen LogP contribution in [-0.2, 0) is 9.47 Å². The number of methoxy groups -OCH3 is 1. The predicted octanol–water partition coefficient (Wildman–Crippen LogP) is 0.889. The molecule has 1 unspecified atom stereocenters. The van der Waals surface area contributed by atoms with E-state index in [0.717, 1.165) is 51.7 Å². The zero-order chi connectivity index (χ0) is 16.2. The highest BCUT2D eigenvalue weighted by Gasteiger charge is 2.24. The van der Waals surface area contributed by atoms with Gasteiger partial charge in [-0.05, 0) is 40.4 Å². The highest BCUT2D eigenvalue weighted by atomic mass is 16.5. The average Bonchev–Trinajstić information content (AvgIpc) is 2.95. The molecule has 0 aliphatic carbocycles. The summed E-state index contributed by atoms with van der Waals surface area (Å²) in [5.74, 6) is 1.66. The highest BCUT2D eigenvalue weighted by molar-refractivity contribution is 5.80. The molecule has 1 aliphatic heterocycles. The second kappa shape index (κ2) is 11.7. The van der Waals surface area contributed by atoms with Crippen LogP contribution in [0.2, 0.25) is 0 Å². The van der Waals surface area contributed by atoms with Crippen LogP contribution in [-0.4, -0.2) is 89.5 Å². The first-order chi connectivity index (χ1) is 10.7. The third-order valence-electron chi connectivity index (χ3n) is 3.73. The van der Waals surface area contributed by atoms with E-state index in [0.29, 0.717) is 19.1 Å². The fraction of sp³-hybridized carbons (Fsp3) is 0.938. The molecule has 1 heterocycles. The summed E-state index contributed by atoms with van der Waals surface area (Å²) in [6.45, 7) is 9.28. The van der Waals surface area contributed by atoms with Gasteiger partial charge in [0.25, 0.3) is 0 Å². The van der Waals surface area contributed by atoms with Gasteiger partial charge in [0.15, 0.2) is 5.96 Å². The van der Waals surface area contributed by atoms with Crippen LogP contribution >= 0.6 is 0 Å². The summed E-state index contributed by atoms with van der Waals surface area (Å²) < 4.78 is 10.7. The lowest BCUT2D eigenvalue weighted by Crippen LogP contribution is -2.40. The first-order valence-corrected chi connectivity index (χ1v) is 8.42. The number of hydrogen-bond donors (Lipinski definition) is 1. The molecule has 0 radical (unpaired) electrons. The molecule has 6 heteroatoms. The summed E-state index contributed by atoms with van der Waals surface area (Å²) in [5, 5.41) is 3.41. The second-order valence-electron chi connectivity index (χ2n) is 6.06. The zero-order valence-electron chi connectivity index (χ0n) is 14.8. The molecule has 0 aromatic carbocycles. The average molecular weight is 314 g/mol. The zero-order valence-corrected chi connectivity index (χ0v) is 14.8. The third-order valence-corrected chi connectivity index (χ3v) is 3.73. The Morgan fingerprint density at radius 2 is 2.18 bits per heavy atom. The molecule has 0 bridgehead atoms. The quantitative estimate of drug-likeness (QED) is 0.369. The topological polar surface area (TPSA) is 49.3 Å². The summed E-state index contributed by atoms with van der Waals surface area (Å²) in [4.78, 5) is 9.32. The maximum Gasteiger partial charge on any atom is 0.193 e. The van der Waals surface area contributed by atoms with Gasteiger partial charge in [0.1, 0.15) is 0 Å². The van der Waals surface area contributed by atoms with Gasteiger partial charge in [0, 0.05) is 39.2 Å². The molecule has 1 N–H and O–H groups in total. The molecule has 0 amide bonds. The molecular weight excluding hydrogens is 280 g/mol. The van der Waals surface area contributed by atoms with Crippen LogP contribution in [0.25, 0.3) is 0 Å². The van der Waals surface area contributed by atoms with Crippen LogP contribution < -0.4 is 5.32 Å². The summed E-state index contributed by atoms with van der Waals surface area (Å²) in [6, 6.07) is 0. The summed E-state index contributed by atoms with van der Waals surface area (Å²) in [5.41, 5.74) is 0. The highest BCUT2D eigenvalue weighted by Crippen LogP contribution is 2.16.